The number of nitrogens with zero attached hydrogens (tertiary/aromatic N) is 1. The van der Waals surface area contributed by atoms with Crippen LogP contribution in [0.5, 0.6) is 0 Å². The second-order valence-electron chi connectivity index (χ2n) is 7.45. The van der Waals surface area contributed by atoms with E-state index in [4.69, 9.17) is 9.47 Å². The minimum atomic E-state index is -0.507. The molecule has 1 aliphatic heterocycles. The van der Waals surface area contributed by atoms with Crippen molar-refractivity contribution in [3.63, 3.8) is 0 Å². The number of ether oxygens (including phenoxy) is 2. The highest BCUT2D eigenvalue weighted by Crippen LogP contribution is 2.11. The maximum atomic E-state index is 11.9. The van der Waals surface area contributed by atoms with Gasteiger partial charge in [0.05, 0.1) is 11.6 Å². The number of carbonyl (C=O) groups excluding carboxylic acids is 1. The molecule has 0 aliphatic carbocycles. The zero-order chi connectivity index (χ0) is 17.5. The Hall–Kier alpha value is -1.50. The monoisotopic (exact) mass is 328 g/mol. The molecule has 1 heterocycles. The Labute approximate surface area is 139 Å². The number of aliphatic imine (C=N–C) groups is 1. The molecule has 0 bridgehead atoms. The first-order chi connectivity index (χ1) is 10.6. The molecule has 1 rings (SSSR count). The van der Waals surface area contributed by atoms with Gasteiger partial charge in [0.2, 0.25) is 0 Å². The van der Waals surface area contributed by atoms with Crippen LogP contribution in [0.1, 0.15) is 47.5 Å². The molecule has 1 unspecified atom stereocenters. The zero-order valence-corrected chi connectivity index (χ0v) is 15.3. The number of amides is 1. The molecule has 0 spiro atoms. The smallest absolute Gasteiger partial charge is 0.408 e. The average Bonchev–Trinajstić information content (AvgIpc) is 2.88. The maximum Gasteiger partial charge on any atom is 0.408 e. The molecule has 0 aromatic heterocycles. The standard InChI is InChI=1S/C16H32N4O3/c1-15(2,3)23-14(21)20-16(4,5)11-19-13(17-6)18-10-12-8-7-9-22-12/h12H,7-11H2,1-6H3,(H,20,21)(H2,17,18,19). The molecule has 134 valence electrons. The number of carbonyl (C=O) groups is 1. The van der Waals surface area contributed by atoms with Crippen molar-refractivity contribution in [3.8, 4) is 0 Å². The van der Waals surface area contributed by atoms with Gasteiger partial charge in [-0.15, -0.1) is 0 Å². The van der Waals surface area contributed by atoms with Crippen LogP contribution in [0.15, 0.2) is 4.99 Å². The first-order valence-corrected chi connectivity index (χ1v) is 8.18. The predicted molar refractivity (Wildman–Crippen MR) is 91.8 cm³/mol. The summed E-state index contributed by atoms with van der Waals surface area (Å²) in [5, 5.41) is 9.32. The Balaban J connectivity index is 2.35. The molecule has 0 radical (unpaired) electrons. The van der Waals surface area contributed by atoms with Gasteiger partial charge in [0.1, 0.15) is 5.60 Å². The van der Waals surface area contributed by atoms with Crippen molar-refractivity contribution < 1.29 is 14.3 Å². The van der Waals surface area contributed by atoms with Crippen molar-refractivity contribution >= 4 is 12.1 Å². The van der Waals surface area contributed by atoms with Crippen molar-refractivity contribution in [1.29, 1.82) is 0 Å². The first kappa shape index (κ1) is 19.5. The van der Waals surface area contributed by atoms with Crippen LogP contribution in [0.25, 0.3) is 0 Å². The van der Waals surface area contributed by atoms with E-state index in [9.17, 15) is 4.79 Å². The van der Waals surface area contributed by atoms with Crippen LogP contribution in [0.3, 0.4) is 0 Å². The van der Waals surface area contributed by atoms with E-state index >= 15 is 0 Å². The normalized spacial score (nSPS) is 19.4. The molecule has 1 amide bonds. The van der Waals surface area contributed by atoms with E-state index in [1.54, 1.807) is 7.05 Å². The van der Waals surface area contributed by atoms with E-state index in [1.165, 1.54) is 0 Å². The topological polar surface area (TPSA) is 84.0 Å². The Kier molecular flexibility index (Phi) is 7.12. The third-order valence-corrected chi connectivity index (χ3v) is 3.28. The molecule has 0 aromatic carbocycles. The van der Waals surface area contributed by atoms with Gasteiger partial charge in [-0.3, -0.25) is 4.99 Å². The fourth-order valence-corrected chi connectivity index (χ4v) is 2.17. The van der Waals surface area contributed by atoms with Gasteiger partial charge in [0.25, 0.3) is 0 Å². The minimum Gasteiger partial charge on any atom is -0.444 e. The third kappa shape index (κ3) is 8.64. The lowest BCUT2D eigenvalue weighted by Gasteiger charge is -2.29. The summed E-state index contributed by atoms with van der Waals surface area (Å²) in [5.74, 6) is 0.694. The summed E-state index contributed by atoms with van der Waals surface area (Å²) in [6, 6.07) is 0. The molecular formula is C16H32N4O3. The highest BCUT2D eigenvalue weighted by molar-refractivity contribution is 5.79. The van der Waals surface area contributed by atoms with Crippen LogP contribution in [0.2, 0.25) is 0 Å². The molecule has 7 heteroatoms. The summed E-state index contributed by atoms with van der Waals surface area (Å²) in [4.78, 5) is 16.1. The Morgan fingerprint density at radius 2 is 1.96 bits per heavy atom. The summed E-state index contributed by atoms with van der Waals surface area (Å²) in [5.41, 5.74) is -0.976. The van der Waals surface area contributed by atoms with E-state index in [0.29, 0.717) is 12.5 Å². The third-order valence-electron chi connectivity index (χ3n) is 3.28. The van der Waals surface area contributed by atoms with Crippen molar-refractivity contribution in [2.24, 2.45) is 4.99 Å². The van der Waals surface area contributed by atoms with Crippen molar-refractivity contribution in [2.75, 3.05) is 26.7 Å². The lowest BCUT2D eigenvalue weighted by atomic mass is 10.1. The number of hydrogen-bond donors (Lipinski definition) is 3. The highest BCUT2D eigenvalue weighted by atomic mass is 16.6. The van der Waals surface area contributed by atoms with Crippen LogP contribution < -0.4 is 16.0 Å². The van der Waals surface area contributed by atoms with E-state index in [1.807, 2.05) is 34.6 Å². The SMILES string of the molecule is CN=C(NCC1CCCO1)NCC(C)(C)NC(=O)OC(C)(C)C. The second-order valence-corrected chi connectivity index (χ2v) is 7.45. The van der Waals surface area contributed by atoms with Crippen LogP contribution in [0, 0.1) is 0 Å². The van der Waals surface area contributed by atoms with Crippen LogP contribution in [-0.4, -0.2) is 56.0 Å². The van der Waals surface area contributed by atoms with Gasteiger partial charge in [-0.25, -0.2) is 4.79 Å². The van der Waals surface area contributed by atoms with Crippen LogP contribution in [0.4, 0.5) is 4.79 Å². The molecule has 3 N–H and O–H groups in total. The Morgan fingerprint density at radius 1 is 1.26 bits per heavy atom. The summed E-state index contributed by atoms with van der Waals surface area (Å²) < 4.78 is 10.9. The number of rotatable bonds is 5. The molecule has 23 heavy (non-hydrogen) atoms. The molecule has 1 fully saturated rings. The Bertz CT molecular complexity index is 410. The fraction of sp³-hybridized carbons (Fsp3) is 0.875. The molecule has 0 saturated carbocycles. The number of hydrogen-bond acceptors (Lipinski definition) is 4. The lowest BCUT2D eigenvalue weighted by Crippen LogP contribution is -2.54. The van der Waals surface area contributed by atoms with Crippen molar-refractivity contribution in [2.45, 2.75) is 64.7 Å². The van der Waals surface area contributed by atoms with Crippen molar-refractivity contribution in [3.05, 3.63) is 0 Å². The molecule has 1 aliphatic rings. The fourth-order valence-electron chi connectivity index (χ4n) is 2.17. The summed E-state index contributed by atoms with van der Waals surface area (Å²) in [6.45, 7) is 11.5. The first-order valence-electron chi connectivity index (χ1n) is 8.18. The zero-order valence-electron chi connectivity index (χ0n) is 15.3. The van der Waals surface area contributed by atoms with Gasteiger partial charge in [0, 0.05) is 26.7 Å². The lowest BCUT2D eigenvalue weighted by molar-refractivity contribution is 0.0474. The van der Waals surface area contributed by atoms with E-state index in [2.05, 4.69) is 20.9 Å². The average molecular weight is 328 g/mol. The maximum absolute atomic E-state index is 11.9. The van der Waals surface area contributed by atoms with E-state index in [0.717, 1.165) is 26.0 Å². The Morgan fingerprint density at radius 3 is 2.48 bits per heavy atom. The summed E-state index contributed by atoms with van der Waals surface area (Å²) >= 11 is 0. The summed E-state index contributed by atoms with van der Waals surface area (Å²) in [6.07, 6.45) is 2.02. The summed E-state index contributed by atoms with van der Waals surface area (Å²) in [7, 11) is 1.72. The number of nitrogens with one attached hydrogen (secondary N) is 3. The van der Waals surface area contributed by atoms with Crippen LogP contribution in [-0.2, 0) is 9.47 Å². The molecule has 7 nitrogen and oxygen atoms in total. The quantitative estimate of drug-likeness (QED) is 0.528. The second kappa shape index (κ2) is 8.38. The predicted octanol–water partition coefficient (Wildman–Crippen LogP) is 1.63. The van der Waals surface area contributed by atoms with Gasteiger partial charge in [-0.05, 0) is 47.5 Å². The van der Waals surface area contributed by atoms with Gasteiger partial charge < -0.3 is 25.4 Å². The van der Waals surface area contributed by atoms with Gasteiger partial charge in [-0.1, -0.05) is 0 Å². The van der Waals surface area contributed by atoms with E-state index < -0.39 is 17.2 Å². The largest absolute Gasteiger partial charge is 0.444 e. The molecule has 1 saturated heterocycles. The number of guanidine groups is 1. The molecule has 0 aromatic rings. The number of alkyl carbamates (subject to hydrolysis) is 1. The van der Waals surface area contributed by atoms with Gasteiger partial charge >= 0.3 is 6.09 Å². The van der Waals surface area contributed by atoms with Gasteiger partial charge in [-0.2, -0.15) is 0 Å². The van der Waals surface area contributed by atoms with Gasteiger partial charge in [0.15, 0.2) is 5.96 Å². The molecular weight excluding hydrogens is 296 g/mol. The van der Waals surface area contributed by atoms with Crippen LogP contribution >= 0.6 is 0 Å². The van der Waals surface area contributed by atoms with E-state index in [-0.39, 0.29) is 6.10 Å². The molecule has 1 atom stereocenters. The van der Waals surface area contributed by atoms with Crippen molar-refractivity contribution in [1.82, 2.24) is 16.0 Å². The minimum absolute atomic E-state index is 0.251. The highest BCUT2D eigenvalue weighted by Gasteiger charge is 2.25.